The highest BCUT2D eigenvalue weighted by Crippen LogP contribution is 2.34. The van der Waals surface area contributed by atoms with Crippen LogP contribution in [0, 0.1) is 6.92 Å². The molecule has 0 fully saturated rings. The van der Waals surface area contributed by atoms with Gasteiger partial charge in [0.2, 0.25) is 5.91 Å². The van der Waals surface area contributed by atoms with Gasteiger partial charge >= 0.3 is 11.9 Å². The average Bonchev–Trinajstić information content (AvgIpc) is 3.24. The Balaban J connectivity index is 2.11. The quantitative estimate of drug-likeness (QED) is 0.666. The molecule has 1 amide bonds. The molecule has 0 radical (unpaired) electrons. The molecule has 2 heterocycles. The van der Waals surface area contributed by atoms with Crippen molar-refractivity contribution in [3.05, 3.63) is 34.0 Å². The van der Waals surface area contributed by atoms with Gasteiger partial charge in [-0.05, 0) is 26.5 Å². The van der Waals surface area contributed by atoms with E-state index in [-0.39, 0.29) is 27.9 Å². The van der Waals surface area contributed by atoms with Crippen LogP contribution in [0.2, 0.25) is 0 Å². The van der Waals surface area contributed by atoms with Crippen LogP contribution < -0.4 is 5.32 Å². The predicted molar refractivity (Wildman–Crippen MR) is 105 cm³/mol. The third kappa shape index (κ3) is 4.96. The summed E-state index contributed by atoms with van der Waals surface area (Å²) in [4.78, 5) is 38.6. The first-order valence-electron chi connectivity index (χ1n) is 8.60. The molecule has 0 aliphatic rings. The molecule has 10 heteroatoms. The summed E-state index contributed by atoms with van der Waals surface area (Å²) in [5.74, 6) is -1.51. The zero-order valence-electron chi connectivity index (χ0n) is 16.6. The van der Waals surface area contributed by atoms with E-state index in [4.69, 9.17) is 9.47 Å². The fourth-order valence-electron chi connectivity index (χ4n) is 2.68. The number of nitrogens with one attached hydrogen (secondary N) is 1. The molecular weight excluding hydrogens is 384 g/mol. The number of carbonyl (C=O) groups is 3. The van der Waals surface area contributed by atoms with Crippen LogP contribution >= 0.6 is 11.3 Å². The summed E-state index contributed by atoms with van der Waals surface area (Å²) in [6.07, 6.45) is 3.69. The average molecular weight is 408 g/mol. The van der Waals surface area contributed by atoms with Crippen LogP contribution in [0.1, 0.15) is 38.1 Å². The molecule has 9 nitrogen and oxygen atoms in total. The number of likely N-dealkylation sites (N-methyl/N-ethyl adjacent to an activating group) is 1. The number of nitrogens with zero attached hydrogens (tertiary/aromatic N) is 3. The number of anilines is 1. The fraction of sp³-hybridized carbons (Fsp3) is 0.444. The molecule has 0 saturated heterocycles. The van der Waals surface area contributed by atoms with Crippen LogP contribution in [-0.4, -0.2) is 60.3 Å². The van der Waals surface area contributed by atoms with Gasteiger partial charge < -0.3 is 14.8 Å². The van der Waals surface area contributed by atoms with E-state index in [0.717, 1.165) is 23.4 Å². The molecule has 152 valence electrons. The second kappa shape index (κ2) is 9.47. The first kappa shape index (κ1) is 21.6. The lowest BCUT2D eigenvalue weighted by Gasteiger charge is -2.15. The molecule has 0 aromatic carbocycles. The smallest absolute Gasteiger partial charge is 0.348 e. The van der Waals surface area contributed by atoms with E-state index in [1.165, 1.54) is 14.2 Å². The molecular formula is C18H24N4O5S. The van der Waals surface area contributed by atoms with E-state index in [9.17, 15) is 14.4 Å². The van der Waals surface area contributed by atoms with Gasteiger partial charge in [-0.2, -0.15) is 5.10 Å². The van der Waals surface area contributed by atoms with Gasteiger partial charge in [0.15, 0.2) is 0 Å². The van der Waals surface area contributed by atoms with Gasteiger partial charge in [-0.15, -0.1) is 11.3 Å². The molecule has 2 aromatic rings. The minimum absolute atomic E-state index is 0.0996. The molecule has 0 saturated carbocycles. The van der Waals surface area contributed by atoms with Crippen molar-refractivity contribution in [2.45, 2.75) is 26.9 Å². The number of rotatable bonds is 8. The Hall–Kier alpha value is -2.72. The minimum Gasteiger partial charge on any atom is -0.465 e. The van der Waals surface area contributed by atoms with Crippen LogP contribution in [0.4, 0.5) is 5.00 Å². The summed E-state index contributed by atoms with van der Waals surface area (Å²) in [6, 6.07) is 0. The number of esters is 2. The molecule has 0 aliphatic heterocycles. The Labute approximate surface area is 167 Å². The third-order valence-corrected chi connectivity index (χ3v) is 5.22. The van der Waals surface area contributed by atoms with Crippen molar-refractivity contribution in [2.75, 3.05) is 33.1 Å². The topological polar surface area (TPSA) is 103 Å². The van der Waals surface area contributed by atoms with Crippen molar-refractivity contribution in [3.63, 3.8) is 0 Å². The van der Waals surface area contributed by atoms with Crippen molar-refractivity contribution in [2.24, 2.45) is 0 Å². The lowest BCUT2D eigenvalue weighted by molar-refractivity contribution is -0.117. The largest absolute Gasteiger partial charge is 0.465 e. The fourth-order valence-corrected chi connectivity index (χ4v) is 3.81. The van der Waals surface area contributed by atoms with Crippen LogP contribution in [0.5, 0.6) is 0 Å². The maximum atomic E-state index is 12.5. The molecule has 2 rings (SSSR count). The monoisotopic (exact) mass is 408 g/mol. The van der Waals surface area contributed by atoms with Gasteiger partial charge in [-0.25, -0.2) is 9.59 Å². The molecule has 0 spiro atoms. The number of hydrogen-bond acceptors (Lipinski definition) is 8. The summed E-state index contributed by atoms with van der Waals surface area (Å²) in [7, 11) is 4.31. The van der Waals surface area contributed by atoms with Crippen LogP contribution in [0.15, 0.2) is 12.4 Å². The Morgan fingerprint density at radius 3 is 2.50 bits per heavy atom. The Bertz CT molecular complexity index is 873. The number of hydrogen-bond donors (Lipinski definition) is 1. The van der Waals surface area contributed by atoms with Crippen molar-refractivity contribution in [3.8, 4) is 0 Å². The van der Waals surface area contributed by atoms with Gasteiger partial charge in [0.05, 0.1) is 32.5 Å². The van der Waals surface area contributed by atoms with E-state index in [2.05, 4.69) is 10.4 Å². The second-order valence-corrected chi connectivity index (χ2v) is 7.19. The standard InChI is InChI=1S/C18H24N4O5S/c1-6-22-9-12(7-19-22)8-21(3)10-13(23)20-16-14(17(24)26-4)11(2)15(28-16)18(25)27-5/h7,9H,6,8,10H2,1-5H3,(H,20,23). The molecule has 0 atom stereocenters. The zero-order chi connectivity index (χ0) is 20.8. The van der Waals surface area contributed by atoms with Crippen LogP contribution in [0.25, 0.3) is 0 Å². The number of methoxy groups -OCH3 is 2. The van der Waals surface area contributed by atoms with Crippen molar-refractivity contribution in [1.82, 2.24) is 14.7 Å². The minimum atomic E-state index is -0.625. The van der Waals surface area contributed by atoms with Crippen molar-refractivity contribution >= 4 is 34.2 Å². The van der Waals surface area contributed by atoms with Crippen LogP contribution in [-0.2, 0) is 27.4 Å². The molecule has 0 unspecified atom stereocenters. The lowest BCUT2D eigenvalue weighted by Crippen LogP contribution is -2.30. The number of ether oxygens (including phenoxy) is 2. The van der Waals surface area contributed by atoms with Gasteiger partial charge in [0.1, 0.15) is 9.88 Å². The zero-order valence-corrected chi connectivity index (χ0v) is 17.4. The maximum absolute atomic E-state index is 12.5. The maximum Gasteiger partial charge on any atom is 0.348 e. The van der Waals surface area contributed by atoms with Gasteiger partial charge in [-0.1, -0.05) is 0 Å². The normalized spacial score (nSPS) is 10.8. The summed E-state index contributed by atoms with van der Waals surface area (Å²) < 4.78 is 11.3. The summed E-state index contributed by atoms with van der Waals surface area (Å²) >= 11 is 0.989. The van der Waals surface area contributed by atoms with Gasteiger partial charge in [0, 0.05) is 24.8 Å². The van der Waals surface area contributed by atoms with E-state index in [0.29, 0.717) is 12.1 Å². The number of thiophene rings is 1. The Kier molecular flexibility index (Phi) is 7.30. The molecule has 0 bridgehead atoms. The van der Waals surface area contributed by atoms with Gasteiger partial charge in [0.25, 0.3) is 0 Å². The molecule has 2 aromatic heterocycles. The second-order valence-electron chi connectivity index (χ2n) is 6.17. The third-order valence-electron chi connectivity index (χ3n) is 4.04. The van der Waals surface area contributed by atoms with Crippen molar-refractivity contribution < 1.29 is 23.9 Å². The number of amides is 1. The summed E-state index contributed by atoms with van der Waals surface area (Å²) in [5.41, 5.74) is 1.57. The number of aromatic nitrogens is 2. The van der Waals surface area contributed by atoms with E-state index in [1.54, 1.807) is 13.1 Å². The first-order chi connectivity index (χ1) is 13.3. The Morgan fingerprint density at radius 2 is 1.93 bits per heavy atom. The van der Waals surface area contributed by atoms with Crippen LogP contribution in [0.3, 0.4) is 0 Å². The summed E-state index contributed by atoms with van der Waals surface area (Å²) in [6.45, 7) is 5.04. The van der Waals surface area contributed by atoms with E-state index >= 15 is 0 Å². The van der Waals surface area contributed by atoms with E-state index < -0.39 is 11.9 Å². The molecule has 0 aliphatic carbocycles. The SMILES string of the molecule is CCn1cc(CN(C)CC(=O)Nc2sc(C(=O)OC)c(C)c2C(=O)OC)cn1. The highest BCUT2D eigenvalue weighted by Gasteiger charge is 2.26. The lowest BCUT2D eigenvalue weighted by atomic mass is 10.1. The summed E-state index contributed by atoms with van der Waals surface area (Å²) in [5, 5.41) is 7.18. The highest BCUT2D eigenvalue weighted by molar-refractivity contribution is 7.18. The van der Waals surface area contributed by atoms with E-state index in [1.807, 2.05) is 29.7 Å². The first-order valence-corrected chi connectivity index (χ1v) is 9.42. The number of carbonyl (C=O) groups excluding carboxylic acids is 3. The Morgan fingerprint density at radius 1 is 1.25 bits per heavy atom. The number of aryl methyl sites for hydroxylation is 1. The highest BCUT2D eigenvalue weighted by atomic mass is 32.1. The predicted octanol–water partition coefficient (Wildman–Crippen LogP) is 1.92. The molecule has 28 heavy (non-hydrogen) atoms. The van der Waals surface area contributed by atoms with Crippen molar-refractivity contribution in [1.29, 1.82) is 0 Å². The van der Waals surface area contributed by atoms with Gasteiger partial charge in [-0.3, -0.25) is 14.4 Å². The molecule has 1 N–H and O–H groups in total.